The number of aromatic nitrogens is 1. The molecule has 1 N–H and O–H groups in total. The van der Waals surface area contributed by atoms with Crippen molar-refractivity contribution in [3.05, 3.63) is 23.4 Å². The summed E-state index contributed by atoms with van der Waals surface area (Å²) in [4.78, 5) is 7.44. The lowest BCUT2D eigenvalue weighted by molar-refractivity contribution is 0.625. The zero-order valence-corrected chi connectivity index (χ0v) is 13.7. The first-order chi connectivity index (χ1) is 10.2. The van der Waals surface area contributed by atoms with Gasteiger partial charge in [0, 0.05) is 30.9 Å². The minimum atomic E-state index is 0.619. The Labute approximate surface area is 129 Å². The van der Waals surface area contributed by atoms with Crippen LogP contribution in [0.15, 0.2) is 12.1 Å². The van der Waals surface area contributed by atoms with Crippen LogP contribution < -0.4 is 10.2 Å². The van der Waals surface area contributed by atoms with Gasteiger partial charge in [-0.1, -0.05) is 20.3 Å². The molecule has 3 heteroatoms. The molecule has 2 atom stereocenters. The van der Waals surface area contributed by atoms with E-state index in [-0.39, 0.29) is 0 Å². The molecule has 2 aliphatic rings. The van der Waals surface area contributed by atoms with Gasteiger partial charge in [0.05, 0.1) is 0 Å². The molecule has 21 heavy (non-hydrogen) atoms. The topological polar surface area (TPSA) is 28.2 Å². The third-order valence-electron chi connectivity index (χ3n) is 4.68. The summed E-state index contributed by atoms with van der Waals surface area (Å²) in [7, 11) is 0. The fraction of sp³-hybridized carbons (Fsp3) is 0.722. The minimum absolute atomic E-state index is 0.619. The van der Waals surface area contributed by atoms with E-state index in [1.807, 2.05) is 0 Å². The second-order valence-electron chi connectivity index (χ2n) is 7.07. The van der Waals surface area contributed by atoms with E-state index < -0.39 is 0 Å². The second kappa shape index (κ2) is 6.35. The van der Waals surface area contributed by atoms with Gasteiger partial charge in [-0.05, 0) is 56.2 Å². The standard InChI is InChI=1S/C18H29N3/c1-4-5-17-9-15(11-19-16-6-7-16)10-18(20-17)21-12-13(2)8-14(21)3/h9-10,13-14,16,19H,4-8,11-12H2,1-3H3. The lowest BCUT2D eigenvalue weighted by Gasteiger charge is -2.24. The van der Waals surface area contributed by atoms with Gasteiger partial charge in [0.15, 0.2) is 0 Å². The lowest BCUT2D eigenvalue weighted by atomic mass is 10.1. The SMILES string of the molecule is CCCc1cc(CNC2CC2)cc(N2CC(C)CC2C)n1. The first-order valence-electron chi connectivity index (χ1n) is 8.65. The van der Waals surface area contributed by atoms with Crippen molar-refractivity contribution in [1.29, 1.82) is 0 Å². The third-order valence-corrected chi connectivity index (χ3v) is 4.68. The average molecular weight is 287 g/mol. The van der Waals surface area contributed by atoms with E-state index in [1.165, 1.54) is 36.3 Å². The van der Waals surface area contributed by atoms with Crippen LogP contribution in [-0.2, 0) is 13.0 Å². The number of rotatable bonds is 6. The normalized spacial score (nSPS) is 25.6. The van der Waals surface area contributed by atoms with Crippen LogP contribution in [0.2, 0.25) is 0 Å². The van der Waals surface area contributed by atoms with Gasteiger partial charge in [-0.25, -0.2) is 4.98 Å². The summed E-state index contributed by atoms with van der Waals surface area (Å²) in [5, 5.41) is 3.63. The fourth-order valence-corrected chi connectivity index (χ4v) is 3.44. The van der Waals surface area contributed by atoms with Crippen molar-refractivity contribution in [2.45, 2.75) is 71.5 Å². The zero-order chi connectivity index (χ0) is 14.8. The van der Waals surface area contributed by atoms with Gasteiger partial charge in [0.25, 0.3) is 0 Å². The van der Waals surface area contributed by atoms with Crippen LogP contribution in [0.5, 0.6) is 0 Å². The summed E-state index contributed by atoms with van der Waals surface area (Å²) >= 11 is 0. The Balaban J connectivity index is 1.79. The number of pyridine rings is 1. The summed E-state index contributed by atoms with van der Waals surface area (Å²) in [6, 6.07) is 5.99. The monoisotopic (exact) mass is 287 g/mol. The average Bonchev–Trinajstić information content (AvgIpc) is 3.21. The lowest BCUT2D eigenvalue weighted by Crippen LogP contribution is -2.28. The summed E-state index contributed by atoms with van der Waals surface area (Å²) in [6.07, 6.45) is 6.23. The van der Waals surface area contributed by atoms with Gasteiger partial charge in [-0.2, -0.15) is 0 Å². The zero-order valence-electron chi connectivity index (χ0n) is 13.7. The van der Waals surface area contributed by atoms with Crippen LogP contribution in [-0.4, -0.2) is 23.6 Å². The highest BCUT2D eigenvalue weighted by atomic mass is 15.2. The Morgan fingerprint density at radius 3 is 2.71 bits per heavy atom. The van der Waals surface area contributed by atoms with Crippen molar-refractivity contribution in [2.24, 2.45) is 5.92 Å². The van der Waals surface area contributed by atoms with Crippen LogP contribution in [0, 0.1) is 5.92 Å². The molecular formula is C18H29N3. The molecule has 2 heterocycles. The number of hydrogen-bond acceptors (Lipinski definition) is 3. The van der Waals surface area contributed by atoms with Crippen LogP contribution in [0.1, 0.15) is 57.7 Å². The van der Waals surface area contributed by atoms with Crippen molar-refractivity contribution in [2.75, 3.05) is 11.4 Å². The molecule has 2 unspecified atom stereocenters. The Morgan fingerprint density at radius 1 is 1.29 bits per heavy atom. The smallest absolute Gasteiger partial charge is 0.129 e. The molecule has 1 aromatic heterocycles. The maximum atomic E-state index is 4.93. The van der Waals surface area contributed by atoms with Crippen LogP contribution in [0.3, 0.4) is 0 Å². The first-order valence-corrected chi connectivity index (χ1v) is 8.65. The second-order valence-corrected chi connectivity index (χ2v) is 7.07. The van der Waals surface area contributed by atoms with Crippen LogP contribution in [0.25, 0.3) is 0 Å². The molecule has 2 fully saturated rings. The fourth-order valence-electron chi connectivity index (χ4n) is 3.44. The molecule has 0 aromatic carbocycles. The van der Waals surface area contributed by atoms with E-state index in [2.05, 4.69) is 43.1 Å². The molecule has 3 nitrogen and oxygen atoms in total. The van der Waals surface area contributed by atoms with Gasteiger partial charge in [0.2, 0.25) is 0 Å². The molecule has 0 amide bonds. The first kappa shape index (κ1) is 14.8. The predicted molar refractivity (Wildman–Crippen MR) is 88.7 cm³/mol. The van der Waals surface area contributed by atoms with Crippen molar-refractivity contribution < 1.29 is 0 Å². The van der Waals surface area contributed by atoms with Gasteiger partial charge in [-0.15, -0.1) is 0 Å². The number of hydrogen-bond donors (Lipinski definition) is 1. The van der Waals surface area contributed by atoms with Crippen LogP contribution >= 0.6 is 0 Å². The number of nitrogens with one attached hydrogen (secondary N) is 1. The van der Waals surface area contributed by atoms with E-state index in [0.29, 0.717) is 6.04 Å². The Morgan fingerprint density at radius 2 is 2.10 bits per heavy atom. The highest BCUT2D eigenvalue weighted by Gasteiger charge is 2.27. The van der Waals surface area contributed by atoms with Gasteiger partial charge < -0.3 is 10.2 Å². The predicted octanol–water partition coefficient (Wildman–Crippen LogP) is 3.52. The number of aryl methyl sites for hydroxylation is 1. The van der Waals surface area contributed by atoms with Crippen molar-refractivity contribution >= 4 is 5.82 Å². The van der Waals surface area contributed by atoms with Gasteiger partial charge in [0.1, 0.15) is 5.82 Å². The molecule has 0 bridgehead atoms. The largest absolute Gasteiger partial charge is 0.354 e. The molecule has 1 saturated heterocycles. The molecule has 116 valence electrons. The van der Waals surface area contributed by atoms with E-state index in [0.717, 1.165) is 37.9 Å². The van der Waals surface area contributed by atoms with Crippen LogP contribution in [0.4, 0.5) is 5.82 Å². The molecule has 1 aliphatic carbocycles. The molecule has 3 rings (SSSR count). The molecule has 1 saturated carbocycles. The summed E-state index contributed by atoms with van der Waals surface area (Å²) in [5.74, 6) is 1.98. The highest BCUT2D eigenvalue weighted by molar-refractivity contribution is 5.45. The quantitative estimate of drug-likeness (QED) is 0.867. The van der Waals surface area contributed by atoms with E-state index in [4.69, 9.17) is 4.98 Å². The molecule has 0 spiro atoms. The van der Waals surface area contributed by atoms with Gasteiger partial charge >= 0.3 is 0 Å². The van der Waals surface area contributed by atoms with Crippen molar-refractivity contribution in [3.63, 3.8) is 0 Å². The maximum absolute atomic E-state index is 4.93. The summed E-state index contributed by atoms with van der Waals surface area (Å²) in [5.41, 5.74) is 2.66. The maximum Gasteiger partial charge on any atom is 0.129 e. The molecule has 0 radical (unpaired) electrons. The highest BCUT2D eigenvalue weighted by Crippen LogP contribution is 2.29. The Kier molecular flexibility index (Phi) is 4.48. The third kappa shape index (κ3) is 3.76. The molecular weight excluding hydrogens is 258 g/mol. The molecule has 1 aromatic rings. The van der Waals surface area contributed by atoms with Crippen molar-refractivity contribution in [3.8, 4) is 0 Å². The van der Waals surface area contributed by atoms with Gasteiger partial charge in [-0.3, -0.25) is 0 Å². The summed E-state index contributed by atoms with van der Waals surface area (Å²) < 4.78 is 0. The van der Waals surface area contributed by atoms with Crippen molar-refractivity contribution in [1.82, 2.24) is 10.3 Å². The number of anilines is 1. The van der Waals surface area contributed by atoms with E-state index >= 15 is 0 Å². The summed E-state index contributed by atoms with van der Waals surface area (Å²) in [6.45, 7) is 9.06. The Hall–Kier alpha value is -1.09. The molecule has 1 aliphatic heterocycles. The Bertz CT molecular complexity index is 481. The number of nitrogens with zero attached hydrogens (tertiary/aromatic N) is 2. The van der Waals surface area contributed by atoms with E-state index in [9.17, 15) is 0 Å². The van der Waals surface area contributed by atoms with E-state index in [1.54, 1.807) is 0 Å². The minimum Gasteiger partial charge on any atom is -0.354 e.